The topological polar surface area (TPSA) is 27.1 Å². The van der Waals surface area contributed by atoms with Crippen molar-refractivity contribution in [1.82, 2.24) is 9.78 Å². The number of benzene rings is 1. The lowest BCUT2D eigenvalue weighted by molar-refractivity contribution is 0.272. The normalized spacial score (nSPS) is 10.9. The zero-order valence-corrected chi connectivity index (χ0v) is 11.5. The SMILES string of the molecule is Cc1nn(C)cc1-c1ccccc1OCC(C)C. The highest BCUT2D eigenvalue weighted by molar-refractivity contribution is 5.71. The molecule has 0 aliphatic carbocycles. The van der Waals surface area contributed by atoms with Gasteiger partial charge in [-0.25, -0.2) is 0 Å². The van der Waals surface area contributed by atoms with Gasteiger partial charge < -0.3 is 4.74 Å². The average Bonchev–Trinajstić information content (AvgIpc) is 2.66. The quantitative estimate of drug-likeness (QED) is 0.824. The van der Waals surface area contributed by atoms with Crippen molar-refractivity contribution >= 4 is 0 Å². The van der Waals surface area contributed by atoms with E-state index >= 15 is 0 Å². The Morgan fingerprint density at radius 3 is 2.56 bits per heavy atom. The summed E-state index contributed by atoms with van der Waals surface area (Å²) in [6.45, 7) is 7.06. The smallest absolute Gasteiger partial charge is 0.127 e. The number of nitrogens with zero attached hydrogens (tertiary/aromatic N) is 2. The molecule has 0 aliphatic rings. The van der Waals surface area contributed by atoms with Crippen molar-refractivity contribution in [2.75, 3.05) is 6.61 Å². The largest absolute Gasteiger partial charge is 0.493 e. The third-order valence-electron chi connectivity index (χ3n) is 2.76. The van der Waals surface area contributed by atoms with Crippen LogP contribution in [0.1, 0.15) is 19.5 Å². The molecule has 1 aromatic heterocycles. The number of aromatic nitrogens is 2. The number of rotatable bonds is 4. The second kappa shape index (κ2) is 5.25. The Balaban J connectivity index is 2.35. The molecule has 3 heteroatoms. The van der Waals surface area contributed by atoms with Gasteiger partial charge in [-0.15, -0.1) is 0 Å². The number of ether oxygens (including phenoxy) is 1. The molecule has 0 saturated carbocycles. The standard InChI is InChI=1S/C15H20N2O/c1-11(2)10-18-15-8-6-5-7-13(15)14-9-17(4)16-12(14)3/h5-9,11H,10H2,1-4H3. The maximum Gasteiger partial charge on any atom is 0.127 e. The van der Waals surface area contributed by atoms with Gasteiger partial charge in [-0.3, -0.25) is 4.68 Å². The first kappa shape index (κ1) is 12.7. The molecule has 18 heavy (non-hydrogen) atoms. The number of hydrogen-bond acceptors (Lipinski definition) is 2. The van der Waals surface area contributed by atoms with E-state index in [2.05, 4.69) is 25.0 Å². The van der Waals surface area contributed by atoms with Crippen LogP contribution >= 0.6 is 0 Å². The summed E-state index contributed by atoms with van der Waals surface area (Å²) in [7, 11) is 1.94. The molecule has 0 bridgehead atoms. The summed E-state index contributed by atoms with van der Waals surface area (Å²) in [5.41, 5.74) is 3.28. The van der Waals surface area contributed by atoms with Crippen LogP contribution in [-0.4, -0.2) is 16.4 Å². The van der Waals surface area contributed by atoms with Crippen LogP contribution in [0.5, 0.6) is 5.75 Å². The predicted molar refractivity (Wildman–Crippen MR) is 73.7 cm³/mol. The van der Waals surface area contributed by atoms with E-state index in [0.29, 0.717) is 5.92 Å². The summed E-state index contributed by atoms with van der Waals surface area (Å²) >= 11 is 0. The summed E-state index contributed by atoms with van der Waals surface area (Å²) < 4.78 is 7.72. The van der Waals surface area contributed by atoms with Gasteiger partial charge in [0.2, 0.25) is 0 Å². The first-order valence-electron chi connectivity index (χ1n) is 6.30. The summed E-state index contributed by atoms with van der Waals surface area (Å²) in [6.07, 6.45) is 2.03. The summed E-state index contributed by atoms with van der Waals surface area (Å²) in [5.74, 6) is 1.45. The lowest BCUT2D eigenvalue weighted by Gasteiger charge is -2.12. The van der Waals surface area contributed by atoms with E-state index in [-0.39, 0.29) is 0 Å². The predicted octanol–water partition coefficient (Wildman–Crippen LogP) is 3.43. The minimum Gasteiger partial charge on any atom is -0.493 e. The molecule has 0 N–H and O–H groups in total. The van der Waals surface area contributed by atoms with Gasteiger partial charge in [-0.05, 0) is 18.9 Å². The van der Waals surface area contributed by atoms with Gasteiger partial charge in [0.25, 0.3) is 0 Å². The maximum absolute atomic E-state index is 5.88. The fourth-order valence-electron chi connectivity index (χ4n) is 1.94. The highest BCUT2D eigenvalue weighted by atomic mass is 16.5. The first-order valence-corrected chi connectivity index (χ1v) is 6.30. The molecular formula is C15H20N2O. The lowest BCUT2D eigenvalue weighted by Crippen LogP contribution is -2.05. The Bertz CT molecular complexity index is 529. The van der Waals surface area contributed by atoms with Gasteiger partial charge in [0.15, 0.2) is 0 Å². The third-order valence-corrected chi connectivity index (χ3v) is 2.76. The Labute approximate surface area is 108 Å². The van der Waals surface area contributed by atoms with Gasteiger partial charge >= 0.3 is 0 Å². The van der Waals surface area contributed by atoms with Crippen LogP contribution in [0.2, 0.25) is 0 Å². The van der Waals surface area contributed by atoms with Crippen LogP contribution in [-0.2, 0) is 7.05 Å². The molecule has 0 radical (unpaired) electrons. The molecule has 0 fully saturated rings. The third kappa shape index (κ3) is 2.73. The van der Waals surface area contributed by atoms with Crippen LogP contribution in [0, 0.1) is 12.8 Å². The molecule has 0 amide bonds. The molecule has 1 aromatic carbocycles. The zero-order valence-electron chi connectivity index (χ0n) is 11.5. The van der Waals surface area contributed by atoms with E-state index in [1.807, 2.05) is 43.0 Å². The Hall–Kier alpha value is -1.77. The van der Waals surface area contributed by atoms with Crippen LogP contribution in [0.3, 0.4) is 0 Å². The van der Waals surface area contributed by atoms with Gasteiger partial charge in [-0.2, -0.15) is 5.10 Å². The molecule has 0 saturated heterocycles. The van der Waals surface area contributed by atoms with E-state index in [9.17, 15) is 0 Å². The van der Waals surface area contributed by atoms with E-state index in [1.54, 1.807) is 0 Å². The Morgan fingerprint density at radius 2 is 1.94 bits per heavy atom. The van der Waals surface area contributed by atoms with Gasteiger partial charge in [0.05, 0.1) is 12.3 Å². The van der Waals surface area contributed by atoms with Gasteiger partial charge in [-0.1, -0.05) is 32.0 Å². The Kier molecular flexibility index (Phi) is 3.70. The molecule has 96 valence electrons. The number of hydrogen-bond donors (Lipinski definition) is 0. The van der Waals surface area contributed by atoms with Crippen molar-refractivity contribution in [2.45, 2.75) is 20.8 Å². The minimum atomic E-state index is 0.521. The molecule has 2 aromatic rings. The van der Waals surface area contributed by atoms with Crippen molar-refractivity contribution in [3.63, 3.8) is 0 Å². The average molecular weight is 244 g/mol. The summed E-state index contributed by atoms with van der Waals surface area (Å²) in [4.78, 5) is 0. The molecule has 0 unspecified atom stereocenters. The molecule has 1 heterocycles. The molecule has 2 rings (SSSR count). The molecule has 0 spiro atoms. The molecular weight excluding hydrogens is 224 g/mol. The fourth-order valence-corrected chi connectivity index (χ4v) is 1.94. The van der Waals surface area contributed by atoms with E-state index in [1.165, 1.54) is 0 Å². The zero-order chi connectivity index (χ0) is 13.1. The summed E-state index contributed by atoms with van der Waals surface area (Å²) in [5, 5.41) is 4.38. The second-order valence-electron chi connectivity index (χ2n) is 5.00. The van der Waals surface area contributed by atoms with E-state index in [4.69, 9.17) is 4.74 Å². The highest BCUT2D eigenvalue weighted by Gasteiger charge is 2.11. The molecule has 3 nitrogen and oxygen atoms in total. The van der Waals surface area contributed by atoms with Gasteiger partial charge in [0, 0.05) is 24.4 Å². The van der Waals surface area contributed by atoms with E-state index < -0.39 is 0 Å². The lowest BCUT2D eigenvalue weighted by atomic mass is 10.1. The highest BCUT2D eigenvalue weighted by Crippen LogP contribution is 2.31. The minimum absolute atomic E-state index is 0.521. The van der Waals surface area contributed by atoms with Crippen molar-refractivity contribution in [2.24, 2.45) is 13.0 Å². The van der Waals surface area contributed by atoms with Crippen molar-refractivity contribution < 1.29 is 4.74 Å². The summed E-state index contributed by atoms with van der Waals surface area (Å²) in [6, 6.07) is 8.14. The Morgan fingerprint density at radius 1 is 1.22 bits per heavy atom. The van der Waals surface area contributed by atoms with Crippen molar-refractivity contribution in [3.05, 3.63) is 36.2 Å². The van der Waals surface area contributed by atoms with Crippen LogP contribution < -0.4 is 4.74 Å². The van der Waals surface area contributed by atoms with Crippen LogP contribution in [0.4, 0.5) is 0 Å². The fraction of sp³-hybridized carbons (Fsp3) is 0.400. The maximum atomic E-state index is 5.88. The molecule has 0 aliphatic heterocycles. The second-order valence-corrected chi connectivity index (χ2v) is 5.00. The number of para-hydroxylation sites is 1. The first-order chi connectivity index (χ1) is 8.58. The van der Waals surface area contributed by atoms with E-state index in [0.717, 1.165) is 29.2 Å². The van der Waals surface area contributed by atoms with Gasteiger partial charge in [0.1, 0.15) is 5.75 Å². The van der Waals surface area contributed by atoms with Crippen molar-refractivity contribution in [3.8, 4) is 16.9 Å². The van der Waals surface area contributed by atoms with Crippen LogP contribution in [0.25, 0.3) is 11.1 Å². The van der Waals surface area contributed by atoms with Crippen molar-refractivity contribution in [1.29, 1.82) is 0 Å². The molecule has 0 atom stereocenters. The number of aryl methyl sites for hydroxylation is 2. The monoisotopic (exact) mass is 244 g/mol. The van der Waals surface area contributed by atoms with Crippen LogP contribution in [0.15, 0.2) is 30.5 Å².